The van der Waals surface area contributed by atoms with Crippen LogP contribution in [0.15, 0.2) is 77.4 Å². The highest BCUT2D eigenvalue weighted by atomic mass is 19.1. The van der Waals surface area contributed by atoms with Gasteiger partial charge in [0, 0.05) is 22.8 Å². The summed E-state index contributed by atoms with van der Waals surface area (Å²) in [5.41, 5.74) is 1.91. The predicted molar refractivity (Wildman–Crippen MR) is 116 cm³/mol. The van der Waals surface area contributed by atoms with Gasteiger partial charge in [0.05, 0.1) is 4.92 Å². The van der Waals surface area contributed by atoms with Gasteiger partial charge in [-0.25, -0.2) is 14.2 Å². The maximum absolute atomic E-state index is 13.4. The first kappa shape index (κ1) is 20.9. The molecule has 8 heteroatoms. The van der Waals surface area contributed by atoms with Gasteiger partial charge >= 0.3 is 5.97 Å². The fourth-order valence-corrected chi connectivity index (χ4v) is 3.24. The van der Waals surface area contributed by atoms with Crippen LogP contribution in [0.2, 0.25) is 0 Å². The molecule has 0 radical (unpaired) electrons. The van der Waals surface area contributed by atoms with E-state index in [1.54, 1.807) is 49.4 Å². The van der Waals surface area contributed by atoms with E-state index in [9.17, 15) is 19.3 Å². The number of hydrogen-bond acceptors (Lipinski definition) is 6. The molecule has 32 heavy (non-hydrogen) atoms. The summed E-state index contributed by atoms with van der Waals surface area (Å²) >= 11 is 0. The average Bonchev–Trinajstić information content (AvgIpc) is 3.13. The first-order valence-electron chi connectivity index (χ1n) is 9.65. The first-order chi connectivity index (χ1) is 15.4. The summed E-state index contributed by atoms with van der Waals surface area (Å²) in [5, 5.41) is 11.2. The van der Waals surface area contributed by atoms with Gasteiger partial charge in [0.1, 0.15) is 18.2 Å². The van der Waals surface area contributed by atoms with E-state index in [-0.39, 0.29) is 29.7 Å². The van der Waals surface area contributed by atoms with Gasteiger partial charge in [-0.05, 0) is 42.8 Å². The molecule has 0 spiro atoms. The Morgan fingerprint density at radius 1 is 1.12 bits per heavy atom. The third kappa shape index (κ3) is 4.39. The molecule has 0 unspecified atom stereocenters. The molecule has 0 saturated carbocycles. The minimum Gasteiger partial charge on any atom is -0.488 e. The zero-order chi connectivity index (χ0) is 22.7. The van der Waals surface area contributed by atoms with Crippen molar-refractivity contribution in [3.8, 4) is 5.75 Å². The molecule has 0 saturated heterocycles. The Morgan fingerprint density at radius 2 is 1.91 bits per heavy atom. The lowest BCUT2D eigenvalue weighted by molar-refractivity contribution is -0.385. The van der Waals surface area contributed by atoms with E-state index in [0.717, 1.165) is 0 Å². The fourth-order valence-electron chi connectivity index (χ4n) is 3.24. The third-order valence-corrected chi connectivity index (χ3v) is 4.85. The Kier molecular flexibility index (Phi) is 5.76. The highest BCUT2D eigenvalue weighted by Crippen LogP contribution is 2.28. The van der Waals surface area contributed by atoms with Crippen molar-refractivity contribution in [1.82, 2.24) is 0 Å². The number of carbonyl (C=O) groups excluding carboxylic acids is 1. The van der Waals surface area contributed by atoms with Crippen molar-refractivity contribution in [2.24, 2.45) is 4.99 Å². The number of para-hydroxylation sites is 1. The number of rotatable bonds is 6. The summed E-state index contributed by atoms with van der Waals surface area (Å²) in [6.07, 6.45) is 1.52. The van der Waals surface area contributed by atoms with Crippen LogP contribution < -0.4 is 4.74 Å². The van der Waals surface area contributed by atoms with Crippen molar-refractivity contribution in [2.45, 2.75) is 13.5 Å². The predicted octanol–water partition coefficient (Wildman–Crippen LogP) is 4.97. The van der Waals surface area contributed by atoms with Crippen molar-refractivity contribution in [3.05, 3.63) is 111 Å². The van der Waals surface area contributed by atoms with Gasteiger partial charge in [-0.15, -0.1) is 0 Å². The molecule has 0 fully saturated rings. The van der Waals surface area contributed by atoms with Crippen LogP contribution in [0.25, 0.3) is 6.08 Å². The molecule has 1 heterocycles. The average molecular weight is 432 g/mol. The fraction of sp³-hybridized carbons (Fsp3) is 0.0833. The topological polar surface area (TPSA) is 91.0 Å². The molecule has 0 amide bonds. The molecule has 0 bridgehead atoms. The van der Waals surface area contributed by atoms with Gasteiger partial charge < -0.3 is 9.47 Å². The number of benzene rings is 3. The number of nitrogens with zero attached hydrogens (tertiary/aromatic N) is 2. The molecule has 0 N–H and O–H groups in total. The van der Waals surface area contributed by atoms with Gasteiger partial charge in [0.2, 0.25) is 5.90 Å². The first-order valence-corrected chi connectivity index (χ1v) is 9.65. The number of nitro groups is 1. The minimum atomic E-state index is -0.675. The van der Waals surface area contributed by atoms with Crippen LogP contribution in [0.4, 0.5) is 10.1 Å². The number of aliphatic imine (C=N–C) groups is 1. The molecule has 0 aromatic heterocycles. The van der Waals surface area contributed by atoms with Gasteiger partial charge in [-0.2, -0.15) is 0 Å². The largest absolute Gasteiger partial charge is 0.488 e. The lowest BCUT2D eigenvalue weighted by Gasteiger charge is -2.09. The number of cyclic esters (lactones) is 1. The van der Waals surface area contributed by atoms with Crippen LogP contribution in [0, 0.1) is 22.9 Å². The molecule has 1 aliphatic heterocycles. The quantitative estimate of drug-likeness (QED) is 0.237. The van der Waals surface area contributed by atoms with E-state index in [1.165, 1.54) is 30.3 Å². The molecule has 7 nitrogen and oxygen atoms in total. The molecule has 4 rings (SSSR count). The van der Waals surface area contributed by atoms with Gasteiger partial charge in [-0.3, -0.25) is 10.1 Å². The Labute approximate surface area is 182 Å². The molecule has 0 atom stereocenters. The third-order valence-electron chi connectivity index (χ3n) is 4.85. The number of carbonyl (C=O) groups is 1. The van der Waals surface area contributed by atoms with Crippen LogP contribution in [0.3, 0.4) is 0 Å². The smallest absolute Gasteiger partial charge is 0.363 e. The number of halogens is 1. The van der Waals surface area contributed by atoms with E-state index in [2.05, 4.69) is 4.99 Å². The van der Waals surface area contributed by atoms with Crippen molar-refractivity contribution < 1.29 is 23.6 Å². The second-order valence-corrected chi connectivity index (χ2v) is 7.00. The van der Waals surface area contributed by atoms with E-state index >= 15 is 0 Å². The van der Waals surface area contributed by atoms with Crippen LogP contribution >= 0.6 is 0 Å². The van der Waals surface area contributed by atoms with Crippen LogP contribution in [-0.4, -0.2) is 16.8 Å². The highest BCUT2D eigenvalue weighted by Gasteiger charge is 2.27. The lowest BCUT2D eigenvalue weighted by Crippen LogP contribution is -2.08. The van der Waals surface area contributed by atoms with E-state index < -0.39 is 10.9 Å². The number of nitro benzene ring substituents is 1. The molecular weight excluding hydrogens is 415 g/mol. The minimum absolute atomic E-state index is 0.000565. The van der Waals surface area contributed by atoms with E-state index in [4.69, 9.17) is 9.47 Å². The summed E-state index contributed by atoms with van der Waals surface area (Å²) in [4.78, 5) is 27.3. The maximum Gasteiger partial charge on any atom is 0.363 e. The van der Waals surface area contributed by atoms with Crippen molar-refractivity contribution in [1.29, 1.82) is 0 Å². The zero-order valence-corrected chi connectivity index (χ0v) is 16.9. The maximum atomic E-state index is 13.4. The van der Waals surface area contributed by atoms with E-state index in [1.807, 2.05) is 0 Å². The van der Waals surface area contributed by atoms with Crippen molar-refractivity contribution in [3.63, 3.8) is 0 Å². The van der Waals surface area contributed by atoms with Crippen molar-refractivity contribution >= 4 is 23.6 Å². The van der Waals surface area contributed by atoms with Gasteiger partial charge in [-0.1, -0.05) is 36.4 Å². The summed E-state index contributed by atoms with van der Waals surface area (Å²) < 4.78 is 24.5. The summed E-state index contributed by atoms with van der Waals surface area (Å²) in [7, 11) is 0. The Morgan fingerprint density at radius 3 is 2.69 bits per heavy atom. The van der Waals surface area contributed by atoms with Crippen LogP contribution in [0.1, 0.15) is 22.3 Å². The number of ether oxygens (including phenoxy) is 2. The second-order valence-electron chi connectivity index (χ2n) is 7.00. The summed E-state index contributed by atoms with van der Waals surface area (Å²) in [5.74, 6) is -0.549. The van der Waals surface area contributed by atoms with Crippen LogP contribution in [-0.2, 0) is 16.1 Å². The second kappa shape index (κ2) is 8.81. The number of esters is 1. The SMILES string of the molecule is Cc1c(C2=N/C(=C\c3ccccc3OCc3cccc(F)c3)C(=O)O2)cccc1[N+](=O)[O-]. The van der Waals surface area contributed by atoms with E-state index in [0.29, 0.717) is 28.0 Å². The van der Waals surface area contributed by atoms with Crippen molar-refractivity contribution in [2.75, 3.05) is 0 Å². The zero-order valence-electron chi connectivity index (χ0n) is 16.9. The standard InChI is InChI=1S/C24H17FN2O5/c1-15-19(9-5-10-21(15)27(29)30)23-26-20(24(28)32-23)13-17-7-2-3-11-22(17)31-14-16-6-4-8-18(25)12-16/h2-13H,14H2,1H3/b20-13-. The lowest BCUT2D eigenvalue weighted by atomic mass is 10.1. The van der Waals surface area contributed by atoms with Gasteiger partial charge in [0.25, 0.3) is 5.69 Å². The Bertz CT molecular complexity index is 1280. The molecule has 3 aromatic rings. The van der Waals surface area contributed by atoms with Crippen LogP contribution in [0.5, 0.6) is 5.75 Å². The number of hydrogen-bond donors (Lipinski definition) is 0. The molecule has 0 aliphatic carbocycles. The Balaban J connectivity index is 1.62. The normalized spacial score (nSPS) is 14.2. The summed E-state index contributed by atoms with van der Waals surface area (Å²) in [6.45, 7) is 1.71. The highest BCUT2D eigenvalue weighted by molar-refractivity contribution is 6.13. The monoisotopic (exact) mass is 432 g/mol. The molecular formula is C24H17FN2O5. The van der Waals surface area contributed by atoms with Gasteiger partial charge in [0.15, 0.2) is 5.70 Å². The molecule has 160 valence electrons. The molecule has 3 aromatic carbocycles. The Hall–Kier alpha value is -4.33. The molecule has 1 aliphatic rings. The summed E-state index contributed by atoms with van der Waals surface area (Å²) in [6, 6.07) is 17.6.